The molecule has 1 aliphatic rings. The fourth-order valence-corrected chi connectivity index (χ4v) is 2.94. The summed E-state index contributed by atoms with van der Waals surface area (Å²) in [5, 5.41) is 5.59. The number of hydrogen-bond acceptors (Lipinski definition) is 4. The number of carbonyl (C=O) groups is 2. The minimum atomic E-state index is -0.350. The molecular weight excluding hydrogens is 318 g/mol. The van der Waals surface area contributed by atoms with Gasteiger partial charge in [0.2, 0.25) is 11.8 Å². The molecule has 0 saturated heterocycles. The lowest BCUT2D eigenvalue weighted by Crippen LogP contribution is -2.48. The first-order valence-corrected chi connectivity index (χ1v) is 7.52. The van der Waals surface area contributed by atoms with E-state index in [9.17, 15) is 9.59 Å². The molecule has 1 aromatic carbocycles. The average molecular weight is 342 g/mol. The number of benzene rings is 1. The predicted molar refractivity (Wildman–Crippen MR) is 90.6 cm³/mol. The van der Waals surface area contributed by atoms with E-state index in [4.69, 9.17) is 10.5 Å². The standard InChI is InChI=1S/C16H23N3O3.ClH/c1-22-13-6-4-12(5-7-13)16(8-2-3-9-16)19-15(21)11-18-14(20)10-17;/h4-7H,2-3,8-11,17H2,1H3,(H,18,20)(H,19,21);1H. The molecule has 1 saturated carbocycles. The van der Waals surface area contributed by atoms with Crippen LogP contribution in [0.2, 0.25) is 0 Å². The third-order valence-electron chi connectivity index (χ3n) is 4.11. The molecule has 0 atom stereocenters. The zero-order chi connectivity index (χ0) is 16.0. The molecule has 1 fully saturated rings. The van der Waals surface area contributed by atoms with E-state index < -0.39 is 0 Å². The molecule has 128 valence electrons. The summed E-state index contributed by atoms with van der Waals surface area (Å²) in [5.74, 6) is 0.262. The highest BCUT2D eigenvalue weighted by molar-refractivity contribution is 5.86. The molecular formula is C16H24ClN3O3. The first-order valence-electron chi connectivity index (χ1n) is 7.52. The molecule has 6 nitrogen and oxygen atoms in total. The molecule has 23 heavy (non-hydrogen) atoms. The van der Waals surface area contributed by atoms with E-state index in [1.54, 1.807) is 7.11 Å². The number of halogens is 1. The summed E-state index contributed by atoms with van der Waals surface area (Å²) in [4.78, 5) is 23.3. The number of methoxy groups -OCH3 is 1. The molecule has 1 aliphatic carbocycles. The van der Waals surface area contributed by atoms with Gasteiger partial charge in [-0.1, -0.05) is 25.0 Å². The van der Waals surface area contributed by atoms with Crippen molar-refractivity contribution < 1.29 is 14.3 Å². The largest absolute Gasteiger partial charge is 0.497 e. The van der Waals surface area contributed by atoms with Crippen molar-refractivity contribution in [3.05, 3.63) is 29.8 Å². The quantitative estimate of drug-likeness (QED) is 0.721. The highest BCUT2D eigenvalue weighted by Gasteiger charge is 2.36. The molecule has 0 aromatic heterocycles. The Morgan fingerprint density at radius 1 is 1.17 bits per heavy atom. The summed E-state index contributed by atoms with van der Waals surface area (Å²) < 4.78 is 5.18. The van der Waals surface area contributed by atoms with E-state index in [-0.39, 0.29) is 42.8 Å². The number of nitrogens with two attached hydrogens (primary N) is 1. The van der Waals surface area contributed by atoms with Crippen molar-refractivity contribution in [3.63, 3.8) is 0 Å². The van der Waals surface area contributed by atoms with Crippen LogP contribution >= 0.6 is 12.4 Å². The van der Waals surface area contributed by atoms with Gasteiger partial charge in [-0.15, -0.1) is 12.4 Å². The Morgan fingerprint density at radius 2 is 1.78 bits per heavy atom. The molecule has 2 rings (SSSR count). The van der Waals surface area contributed by atoms with Crippen molar-refractivity contribution in [1.82, 2.24) is 10.6 Å². The zero-order valence-corrected chi connectivity index (χ0v) is 14.1. The molecule has 1 aromatic rings. The molecule has 0 bridgehead atoms. The number of nitrogens with one attached hydrogen (secondary N) is 2. The Kier molecular flexibility index (Phi) is 7.32. The number of carbonyl (C=O) groups excluding carboxylic acids is 2. The van der Waals surface area contributed by atoms with E-state index in [1.165, 1.54) is 0 Å². The van der Waals surface area contributed by atoms with Crippen LogP contribution in [0.4, 0.5) is 0 Å². The van der Waals surface area contributed by atoms with Crippen molar-refractivity contribution >= 4 is 24.2 Å². The lowest BCUT2D eigenvalue weighted by Gasteiger charge is -2.31. The van der Waals surface area contributed by atoms with Gasteiger partial charge in [0.05, 0.1) is 25.7 Å². The summed E-state index contributed by atoms with van der Waals surface area (Å²) in [5.41, 5.74) is 5.93. The van der Waals surface area contributed by atoms with E-state index in [0.29, 0.717) is 0 Å². The summed E-state index contributed by atoms with van der Waals surface area (Å²) in [6.45, 7) is -0.162. The van der Waals surface area contributed by atoms with Crippen LogP contribution in [0, 0.1) is 0 Å². The minimum absolute atomic E-state index is 0. The van der Waals surface area contributed by atoms with Crippen molar-refractivity contribution in [2.45, 2.75) is 31.2 Å². The Labute approximate surface area is 142 Å². The van der Waals surface area contributed by atoms with Gasteiger partial charge in [0.15, 0.2) is 0 Å². The van der Waals surface area contributed by atoms with Crippen LogP contribution in [-0.4, -0.2) is 32.0 Å². The van der Waals surface area contributed by atoms with Crippen molar-refractivity contribution in [2.24, 2.45) is 5.73 Å². The van der Waals surface area contributed by atoms with Crippen LogP contribution in [0.1, 0.15) is 31.2 Å². The van der Waals surface area contributed by atoms with Crippen LogP contribution in [-0.2, 0) is 15.1 Å². The van der Waals surface area contributed by atoms with E-state index in [0.717, 1.165) is 37.0 Å². The Morgan fingerprint density at radius 3 is 2.30 bits per heavy atom. The maximum absolute atomic E-state index is 12.1. The highest BCUT2D eigenvalue weighted by atomic mass is 35.5. The van der Waals surface area contributed by atoms with Gasteiger partial charge in [0, 0.05) is 0 Å². The van der Waals surface area contributed by atoms with Gasteiger partial charge in [-0.3, -0.25) is 9.59 Å². The zero-order valence-electron chi connectivity index (χ0n) is 13.3. The predicted octanol–water partition coefficient (Wildman–Crippen LogP) is 1.08. The van der Waals surface area contributed by atoms with Gasteiger partial charge in [0.1, 0.15) is 5.75 Å². The SMILES string of the molecule is COc1ccc(C2(NC(=O)CNC(=O)CN)CCCC2)cc1.Cl. The van der Waals surface area contributed by atoms with Crippen molar-refractivity contribution in [3.8, 4) is 5.75 Å². The van der Waals surface area contributed by atoms with E-state index >= 15 is 0 Å². The summed E-state index contributed by atoms with van der Waals surface area (Å²) in [7, 11) is 1.63. The first kappa shape index (κ1) is 19.3. The molecule has 7 heteroatoms. The summed E-state index contributed by atoms with van der Waals surface area (Å²) in [6.07, 6.45) is 3.94. The highest BCUT2D eigenvalue weighted by Crippen LogP contribution is 2.39. The van der Waals surface area contributed by atoms with Crippen LogP contribution < -0.4 is 21.1 Å². The molecule has 0 aliphatic heterocycles. The topological polar surface area (TPSA) is 93.5 Å². The summed E-state index contributed by atoms with van der Waals surface area (Å²) >= 11 is 0. The fourth-order valence-electron chi connectivity index (χ4n) is 2.94. The number of rotatable bonds is 6. The number of amides is 2. The van der Waals surface area contributed by atoms with Crippen LogP contribution in [0.25, 0.3) is 0 Å². The van der Waals surface area contributed by atoms with Gasteiger partial charge in [-0.25, -0.2) is 0 Å². The smallest absolute Gasteiger partial charge is 0.240 e. The Bertz CT molecular complexity index is 528. The van der Waals surface area contributed by atoms with Crippen LogP contribution in [0.5, 0.6) is 5.75 Å². The number of hydrogen-bond donors (Lipinski definition) is 3. The van der Waals surface area contributed by atoms with Gasteiger partial charge < -0.3 is 21.1 Å². The molecule has 0 spiro atoms. The second kappa shape index (κ2) is 8.74. The van der Waals surface area contributed by atoms with Gasteiger partial charge in [0.25, 0.3) is 0 Å². The lowest BCUT2D eigenvalue weighted by atomic mass is 9.88. The normalized spacial score (nSPS) is 15.4. The van der Waals surface area contributed by atoms with Gasteiger partial charge >= 0.3 is 0 Å². The Balaban J connectivity index is 0.00000264. The second-order valence-corrected chi connectivity index (χ2v) is 5.55. The Hall–Kier alpha value is -1.79. The molecule has 0 radical (unpaired) electrons. The lowest BCUT2D eigenvalue weighted by molar-refractivity contribution is -0.126. The monoisotopic (exact) mass is 341 g/mol. The van der Waals surface area contributed by atoms with Gasteiger partial charge in [-0.2, -0.15) is 0 Å². The minimum Gasteiger partial charge on any atom is -0.497 e. The number of ether oxygens (including phenoxy) is 1. The molecule has 0 heterocycles. The van der Waals surface area contributed by atoms with Crippen molar-refractivity contribution in [2.75, 3.05) is 20.2 Å². The van der Waals surface area contributed by atoms with E-state index in [1.807, 2.05) is 24.3 Å². The second-order valence-electron chi connectivity index (χ2n) is 5.55. The third-order valence-corrected chi connectivity index (χ3v) is 4.11. The molecule has 2 amide bonds. The fraction of sp³-hybridized carbons (Fsp3) is 0.500. The van der Waals surface area contributed by atoms with Crippen LogP contribution in [0.3, 0.4) is 0 Å². The van der Waals surface area contributed by atoms with E-state index in [2.05, 4.69) is 10.6 Å². The average Bonchev–Trinajstić information content (AvgIpc) is 3.02. The maximum atomic E-state index is 12.1. The third kappa shape index (κ3) is 4.84. The molecule has 4 N–H and O–H groups in total. The summed E-state index contributed by atoms with van der Waals surface area (Å²) in [6, 6.07) is 7.78. The van der Waals surface area contributed by atoms with Gasteiger partial charge in [-0.05, 0) is 30.5 Å². The van der Waals surface area contributed by atoms with Crippen LogP contribution in [0.15, 0.2) is 24.3 Å². The molecule has 0 unspecified atom stereocenters. The maximum Gasteiger partial charge on any atom is 0.240 e. The first-order chi connectivity index (χ1) is 10.6. The van der Waals surface area contributed by atoms with Crippen molar-refractivity contribution in [1.29, 1.82) is 0 Å².